The first-order valence-corrected chi connectivity index (χ1v) is 8.08. The standard InChI is InChI=1S/C19H16FN5O2/c20-16-9-5-4-8-15(16)19(27)21-12-17(26)24-22-10-14-11-23-25-18(14)13-6-2-1-3-7-13/h1-11H,12H2,(H,21,27)(H,23,25)(H,24,26)/b22-10-. The van der Waals surface area contributed by atoms with Crippen molar-refractivity contribution < 1.29 is 14.0 Å². The van der Waals surface area contributed by atoms with Gasteiger partial charge in [-0.25, -0.2) is 9.82 Å². The number of hydrogen-bond acceptors (Lipinski definition) is 4. The summed E-state index contributed by atoms with van der Waals surface area (Å²) < 4.78 is 13.5. The zero-order valence-corrected chi connectivity index (χ0v) is 14.1. The van der Waals surface area contributed by atoms with Crippen LogP contribution in [0.15, 0.2) is 65.9 Å². The first-order valence-electron chi connectivity index (χ1n) is 8.08. The van der Waals surface area contributed by atoms with E-state index in [0.29, 0.717) is 5.56 Å². The molecule has 0 bridgehead atoms. The van der Waals surface area contributed by atoms with Gasteiger partial charge in [-0.3, -0.25) is 14.7 Å². The van der Waals surface area contributed by atoms with Crippen molar-refractivity contribution >= 4 is 18.0 Å². The summed E-state index contributed by atoms with van der Waals surface area (Å²) in [4.78, 5) is 23.6. The molecule has 8 heteroatoms. The summed E-state index contributed by atoms with van der Waals surface area (Å²) in [6.45, 7) is -0.332. The van der Waals surface area contributed by atoms with Gasteiger partial charge in [-0.15, -0.1) is 0 Å². The predicted octanol–water partition coefficient (Wildman–Crippen LogP) is 2.10. The van der Waals surface area contributed by atoms with Crippen molar-refractivity contribution in [2.75, 3.05) is 6.54 Å². The van der Waals surface area contributed by atoms with Crippen LogP contribution in [-0.2, 0) is 4.79 Å². The lowest BCUT2D eigenvalue weighted by molar-refractivity contribution is -0.120. The Morgan fingerprint density at radius 2 is 1.85 bits per heavy atom. The minimum absolute atomic E-state index is 0.125. The lowest BCUT2D eigenvalue weighted by atomic mass is 10.1. The van der Waals surface area contributed by atoms with Gasteiger partial charge in [0.1, 0.15) is 5.82 Å². The van der Waals surface area contributed by atoms with E-state index in [1.165, 1.54) is 30.5 Å². The minimum Gasteiger partial charge on any atom is -0.343 e. The van der Waals surface area contributed by atoms with Gasteiger partial charge >= 0.3 is 0 Å². The molecule has 0 radical (unpaired) electrons. The van der Waals surface area contributed by atoms with Gasteiger partial charge in [0.15, 0.2) is 0 Å². The van der Waals surface area contributed by atoms with Crippen LogP contribution in [0.3, 0.4) is 0 Å². The van der Waals surface area contributed by atoms with Crippen LogP contribution in [0.1, 0.15) is 15.9 Å². The molecular weight excluding hydrogens is 349 g/mol. The molecule has 0 spiro atoms. The molecule has 1 aromatic heterocycles. The first kappa shape index (κ1) is 18.0. The molecule has 0 aliphatic carbocycles. The van der Waals surface area contributed by atoms with Crippen LogP contribution in [0.4, 0.5) is 4.39 Å². The fourth-order valence-electron chi connectivity index (χ4n) is 2.34. The molecule has 0 fully saturated rings. The number of benzene rings is 2. The first-order chi connectivity index (χ1) is 13.1. The molecule has 2 amide bonds. The van der Waals surface area contributed by atoms with E-state index in [0.717, 1.165) is 11.3 Å². The Bertz CT molecular complexity index is 969. The Balaban J connectivity index is 1.54. The molecule has 0 atom stereocenters. The SMILES string of the molecule is O=C(CNC(=O)c1ccccc1F)N/N=C\c1cn[nH]c1-c1ccccc1. The lowest BCUT2D eigenvalue weighted by Gasteiger charge is -2.05. The van der Waals surface area contributed by atoms with Crippen LogP contribution in [0.5, 0.6) is 0 Å². The van der Waals surface area contributed by atoms with E-state index in [-0.39, 0.29) is 12.1 Å². The molecule has 3 aromatic rings. The summed E-state index contributed by atoms with van der Waals surface area (Å²) in [5.41, 5.74) is 4.56. The van der Waals surface area contributed by atoms with E-state index in [4.69, 9.17) is 0 Å². The van der Waals surface area contributed by atoms with Crippen molar-refractivity contribution in [3.63, 3.8) is 0 Å². The summed E-state index contributed by atoms with van der Waals surface area (Å²) in [5, 5.41) is 13.0. The lowest BCUT2D eigenvalue weighted by Crippen LogP contribution is -2.35. The van der Waals surface area contributed by atoms with Crippen molar-refractivity contribution in [2.24, 2.45) is 5.10 Å². The van der Waals surface area contributed by atoms with E-state index >= 15 is 0 Å². The summed E-state index contributed by atoms with van der Waals surface area (Å²) in [6.07, 6.45) is 3.03. The average Bonchev–Trinajstić information content (AvgIpc) is 3.16. The second-order valence-electron chi connectivity index (χ2n) is 5.52. The van der Waals surface area contributed by atoms with E-state index in [2.05, 4.69) is 26.0 Å². The van der Waals surface area contributed by atoms with E-state index in [1.807, 2.05) is 30.3 Å². The number of nitrogens with one attached hydrogen (secondary N) is 3. The van der Waals surface area contributed by atoms with Crippen molar-refractivity contribution in [1.82, 2.24) is 20.9 Å². The number of aromatic nitrogens is 2. The summed E-state index contributed by atoms with van der Waals surface area (Å²) in [6, 6.07) is 15.1. The molecule has 3 N–H and O–H groups in total. The molecule has 0 aliphatic heterocycles. The number of nitrogens with zero attached hydrogens (tertiary/aromatic N) is 2. The number of rotatable bonds is 6. The topological polar surface area (TPSA) is 99.2 Å². The summed E-state index contributed by atoms with van der Waals surface area (Å²) in [5.74, 6) is -1.86. The maximum Gasteiger partial charge on any atom is 0.259 e. The number of H-pyrrole nitrogens is 1. The largest absolute Gasteiger partial charge is 0.343 e. The molecule has 2 aromatic carbocycles. The third-order valence-electron chi connectivity index (χ3n) is 3.65. The van der Waals surface area contributed by atoms with Gasteiger partial charge in [-0.05, 0) is 12.1 Å². The van der Waals surface area contributed by atoms with Crippen LogP contribution in [-0.4, -0.2) is 34.8 Å². The smallest absolute Gasteiger partial charge is 0.259 e. The van der Waals surface area contributed by atoms with Crippen LogP contribution in [0, 0.1) is 5.82 Å². The zero-order chi connectivity index (χ0) is 19.1. The Labute approximate surface area is 154 Å². The highest BCUT2D eigenvalue weighted by Gasteiger charge is 2.11. The quantitative estimate of drug-likeness (QED) is 0.461. The highest BCUT2D eigenvalue weighted by atomic mass is 19.1. The van der Waals surface area contributed by atoms with Gasteiger partial charge in [0.25, 0.3) is 11.8 Å². The number of hydrogen-bond donors (Lipinski definition) is 3. The van der Waals surface area contributed by atoms with Crippen molar-refractivity contribution in [3.8, 4) is 11.3 Å². The van der Waals surface area contributed by atoms with Crippen LogP contribution < -0.4 is 10.7 Å². The van der Waals surface area contributed by atoms with E-state index in [1.54, 1.807) is 6.20 Å². The molecule has 0 unspecified atom stereocenters. The van der Waals surface area contributed by atoms with Crippen LogP contribution in [0.2, 0.25) is 0 Å². The fraction of sp³-hybridized carbons (Fsp3) is 0.0526. The van der Waals surface area contributed by atoms with Crippen molar-refractivity contribution in [3.05, 3.63) is 77.7 Å². The number of carbonyl (C=O) groups excluding carboxylic acids is 2. The monoisotopic (exact) mass is 365 g/mol. The predicted molar refractivity (Wildman–Crippen MR) is 98.5 cm³/mol. The van der Waals surface area contributed by atoms with Gasteiger partial charge in [-0.2, -0.15) is 10.2 Å². The molecular formula is C19H16FN5O2. The summed E-state index contributed by atoms with van der Waals surface area (Å²) in [7, 11) is 0. The number of hydrazone groups is 1. The molecule has 7 nitrogen and oxygen atoms in total. The van der Waals surface area contributed by atoms with Gasteiger partial charge in [0, 0.05) is 11.1 Å². The normalized spacial score (nSPS) is 10.7. The van der Waals surface area contributed by atoms with Gasteiger partial charge in [-0.1, -0.05) is 42.5 Å². The number of halogens is 1. The fourth-order valence-corrected chi connectivity index (χ4v) is 2.34. The van der Waals surface area contributed by atoms with Gasteiger partial charge in [0.05, 0.1) is 30.2 Å². The third kappa shape index (κ3) is 4.63. The molecule has 3 rings (SSSR count). The molecule has 0 saturated heterocycles. The number of carbonyl (C=O) groups is 2. The Morgan fingerprint density at radius 3 is 2.63 bits per heavy atom. The highest BCUT2D eigenvalue weighted by molar-refractivity contribution is 5.96. The zero-order valence-electron chi connectivity index (χ0n) is 14.1. The van der Waals surface area contributed by atoms with Crippen LogP contribution in [0.25, 0.3) is 11.3 Å². The van der Waals surface area contributed by atoms with Crippen molar-refractivity contribution in [1.29, 1.82) is 0 Å². The minimum atomic E-state index is -0.673. The number of amides is 2. The van der Waals surface area contributed by atoms with E-state index in [9.17, 15) is 14.0 Å². The Morgan fingerprint density at radius 1 is 1.11 bits per heavy atom. The molecule has 27 heavy (non-hydrogen) atoms. The van der Waals surface area contributed by atoms with Gasteiger partial charge in [0.2, 0.25) is 0 Å². The maximum atomic E-state index is 13.5. The third-order valence-corrected chi connectivity index (χ3v) is 3.65. The van der Waals surface area contributed by atoms with Gasteiger partial charge < -0.3 is 5.32 Å². The second kappa shape index (κ2) is 8.52. The van der Waals surface area contributed by atoms with Crippen LogP contribution >= 0.6 is 0 Å². The maximum absolute atomic E-state index is 13.5. The molecule has 0 saturated carbocycles. The molecule has 1 heterocycles. The Kier molecular flexibility index (Phi) is 5.68. The Hall–Kier alpha value is -3.81. The molecule has 0 aliphatic rings. The average molecular weight is 365 g/mol. The summed E-state index contributed by atoms with van der Waals surface area (Å²) >= 11 is 0. The highest BCUT2D eigenvalue weighted by Crippen LogP contribution is 2.18. The number of aromatic amines is 1. The van der Waals surface area contributed by atoms with Crippen molar-refractivity contribution in [2.45, 2.75) is 0 Å². The van der Waals surface area contributed by atoms with E-state index < -0.39 is 17.6 Å². The second-order valence-corrected chi connectivity index (χ2v) is 5.52. The molecule has 136 valence electrons.